The summed E-state index contributed by atoms with van der Waals surface area (Å²) < 4.78 is 24.6. The lowest BCUT2D eigenvalue weighted by Crippen LogP contribution is -2.34. The van der Waals surface area contributed by atoms with Crippen LogP contribution in [0.4, 0.5) is 0 Å². The Labute approximate surface area is 89.1 Å². The minimum absolute atomic E-state index is 0.129. The second-order valence-corrected chi connectivity index (χ2v) is 6.01. The fourth-order valence-electron chi connectivity index (χ4n) is 1.52. The van der Waals surface area contributed by atoms with E-state index in [9.17, 15) is 13.2 Å². The Kier molecular flexibility index (Phi) is 3.69. The van der Waals surface area contributed by atoms with Gasteiger partial charge in [0.2, 0.25) is 10.0 Å². The van der Waals surface area contributed by atoms with Crippen molar-refractivity contribution in [3.05, 3.63) is 0 Å². The van der Waals surface area contributed by atoms with Crippen LogP contribution in [0.25, 0.3) is 0 Å². The highest BCUT2D eigenvalue weighted by atomic mass is 32.2. The maximum Gasteiger partial charge on any atom is 0.304 e. The summed E-state index contributed by atoms with van der Waals surface area (Å²) >= 11 is 0. The van der Waals surface area contributed by atoms with Gasteiger partial charge < -0.3 is 10.8 Å². The van der Waals surface area contributed by atoms with E-state index in [0.29, 0.717) is 13.1 Å². The van der Waals surface area contributed by atoms with Crippen LogP contribution < -0.4 is 5.73 Å². The van der Waals surface area contributed by atoms with Gasteiger partial charge in [-0.3, -0.25) is 4.79 Å². The van der Waals surface area contributed by atoms with Crippen LogP contribution >= 0.6 is 0 Å². The number of rotatable bonds is 4. The van der Waals surface area contributed by atoms with Crippen LogP contribution in [0.3, 0.4) is 0 Å². The lowest BCUT2D eigenvalue weighted by Gasteiger charge is -2.14. The zero-order valence-corrected chi connectivity index (χ0v) is 9.40. The lowest BCUT2D eigenvalue weighted by atomic mass is 10.1. The minimum atomic E-state index is -3.45. The molecular weight excluding hydrogens is 220 g/mol. The van der Waals surface area contributed by atoms with Crippen molar-refractivity contribution < 1.29 is 18.3 Å². The molecule has 0 radical (unpaired) electrons. The van der Waals surface area contributed by atoms with Crippen molar-refractivity contribution in [2.75, 3.05) is 18.8 Å². The Morgan fingerprint density at radius 2 is 2.13 bits per heavy atom. The summed E-state index contributed by atoms with van der Waals surface area (Å²) in [7, 11) is -3.45. The SMILES string of the molecule is CC1CN(S(=O)(=O)CCC(=O)O)CC1N. The third-order valence-electron chi connectivity index (χ3n) is 2.60. The average molecular weight is 236 g/mol. The number of nitrogens with two attached hydrogens (primary N) is 1. The Bertz CT molecular complexity index is 331. The molecule has 0 aromatic rings. The number of sulfonamides is 1. The predicted molar refractivity (Wildman–Crippen MR) is 54.8 cm³/mol. The fraction of sp³-hybridized carbons (Fsp3) is 0.875. The van der Waals surface area contributed by atoms with E-state index in [0.717, 1.165) is 0 Å². The maximum atomic E-state index is 11.6. The zero-order chi connectivity index (χ0) is 11.6. The third-order valence-corrected chi connectivity index (χ3v) is 4.41. The van der Waals surface area contributed by atoms with E-state index in [4.69, 9.17) is 10.8 Å². The molecule has 1 fully saturated rings. The van der Waals surface area contributed by atoms with Gasteiger partial charge in [0.25, 0.3) is 0 Å². The molecule has 0 aliphatic carbocycles. The highest BCUT2D eigenvalue weighted by Gasteiger charge is 2.34. The molecule has 1 aliphatic heterocycles. The molecule has 0 aromatic carbocycles. The molecule has 0 amide bonds. The lowest BCUT2D eigenvalue weighted by molar-refractivity contribution is -0.136. The molecule has 0 saturated carbocycles. The van der Waals surface area contributed by atoms with E-state index in [1.165, 1.54) is 4.31 Å². The van der Waals surface area contributed by atoms with Crippen molar-refractivity contribution in [2.45, 2.75) is 19.4 Å². The van der Waals surface area contributed by atoms with Gasteiger partial charge in [-0.05, 0) is 5.92 Å². The molecule has 0 spiro atoms. The molecule has 2 atom stereocenters. The Balaban J connectivity index is 2.59. The molecule has 0 bridgehead atoms. The Morgan fingerprint density at radius 1 is 1.53 bits per heavy atom. The first-order valence-electron chi connectivity index (χ1n) is 4.78. The molecule has 1 rings (SSSR count). The molecule has 1 saturated heterocycles. The van der Waals surface area contributed by atoms with Gasteiger partial charge in [-0.15, -0.1) is 0 Å². The number of carboxylic acids is 1. The highest BCUT2D eigenvalue weighted by molar-refractivity contribution is 7.89. The molecule has 1 aliphatic rings. The first-order valence-corrected chi connectivity index (χ1v) is 6.39. The van der Waals surface area contributed by atoms with Gasteiger partial charge in [-0.1, -0.05) is 6.92 Å². The molecule has 3 N–H and O–H groups in total. The normalized spacial score (nSPS) is 28.1. The second-order valence-electron chi connectivity index (χ2n) is 3.92. The van der Waals surface area contributed by atoms with Crippen molar-refractivity contribution in [1.82, 2.24) is 4.31 Å². The zero-order valence-electron chi connectivity index (χ0n) is 8.59. The smallest absolute Gasteiger partial charge is 0.304 e. The molecule has 7 heteroatoms. The number of carbonyl (C=O) groups is 1. The molecule has 1 heterocycles. The topological polar surface area (TPSA) is 101 Å². The molecule has 6 nitrogen and oxygen atoms in total. The highest BCUT2D eigenvalue weighted by Crippen LogP contribution is 2.18. The van der Waals surface area contributed by atoms with Gasteiger partial charge in [0.1, 0.15) is 0 Å². The van der Waals surface area contributed by atoms with E-state index in [-0.39, 0.29) is 24.1 Å². The fourth-order valence-corrected chi connectivity index (χ4v) is 3.07. The molecular formula is C8H16N2O4S. The van der Waals surface area contributed by atoms with E-state index in [1.807, 2.05) is 6.92 Å². The van der Waals surface area contributed by atoms with Crippen LogP contribution in [-0.4, -0.2) is 48.7 Å². The summed E-state index contributed by atoms with van der Waals surface area (Å²) in [6, 6.07) is -0.149. The molecule has 2 unspecified atom stereocenters. The van der Waals surface area contributed by atoms with Crippen molar-refractivity contribution in [2.24, 2.45) is 11.7 Å². The summed E-state index contributed by atoms with van der Waals surface area (Å²) in [5.74, 6) is -1.32. The standard InChI is InChI=1S/C8H16N2O4S/c1-6-4-10(5-7(6)9)15(13,14)3-2-8(11)12/h6-7H,2-5,9H2,1H3,(H,11,12). The summed E-state index contributed by atoms with van der Waals surface area (Å²) in [4.78, 5) is 10.3. The number of aliphatic carboxylic acids is 1. The van der Waals surface area contributed by atoms with Crippen molar-refractivity contribution in [3.8, 4) is 0 Å². The second kappa shape index (κ2) is 4.46. The molecule has 15 heavy (non-hydrogen) atoms. The van der Waals surface area contributed by atoms with Crippen LogP contribution in [0.1, 0.15) is 13.3 Å². The Morgan fingerprint density at radius 3 is 2.53 bits per heavy atom. The van der Waals surface area contributed by atoms with Crippen LogP contribution in [-0.2, 0) is 14.8 Å². The van der Waals surface area contributed by atoms with Gasteiger partial charge in [-0.25, -0.2) is 12.7 Å². The maximum absolute atomic E-state index is 11.6. The van der Waals surface area contributed by atoms with Crippen molar-refractivity contribution in [1.29, 1.82) is 0 Å². The average Bonchev–Trinajstić information content (AvgIpc) is 2.45. The first-order chi connectivity index (χ1) is 6.83. The minimum Gasteiger partial charge on any atom is -0.481 e. The Hall–Kier alpha value is -0.660. The summed E-state index contributed by atoms with van der Waals surface area (Å²) in [5, 5.41) is 8.42. The van der Waals surface area contributed by atoms with Crippen molar-refractivity contribution >= 4 is 16.0 Å². The number of carboxylic acid groups (broad SMARTS) is 1. The van der Waals surface area contributed by atoms with E-state index in [1.54, 1.807) is 0 Å². The summed E-state index contributed by atoms with van der Waals surface area (Å²) in [6.45, 7) is 2.57. The first kappa shape index (κ1) is 12.4. The predicted octanol–water partition coefficient (Wildman–Crippen LogP) is -0.930. The quantitative estimate of drug-likeness (QED) is 0.656. The van der Waals surface area contributed by atoms with E-state index < -0.39 is 16.0 Å². The van der Waals surface area contributed by atoms with Crippen LogP contribution in [0.15, 0.2) is 0 Å². The number of nitrogens with zero attached hydrogens (tertiary/aromatic N) is 1. The molecule has 88 valence electrons. The summed E-state index contributed by atoms with van der Waals surface area (Å²) in [6.07, 6.45) is -0.359. The van der Waals surface area contributed by atoms with Gasteiger partial charge in [0.05, 0.1) is 12.2 Å². The van der Waals surface area contributed by atoms with E-state index >= 15 is 0 Å². The van der Waals surface area contributed by atoms with Crippen LogP contribution in [0, 0.1) is 5.92 Å². The molecule has 0 aromatic heterocycles. The van der Waals surface area contributed by atoms with Gasteiger partial charge in [0, 0.05) is 19.1 Å². The van der Waals surface area contributed by atoms with Crippen molar-refractivity contribution in [3.63, 3.8) is 0 Å². The van der Waals surface area contributed by atoms with Crippen LogP contribution in [0.5, 0.6) is 0 Å². The number of hydrogen-bond acceptors (Lipinski definition) is 4. The van der Waals surface area contributed by atoms with Gasteiger partial charge in [-0.2, -0.15) is 0 Å². The largest absolute Gasteiger partial charge is 0.481 e. The number of hydrogen-bond donors (Lipinski definition) is 2. The third kappa shape index (κ3) is 3.15. The van der Waals surface area contributed by atoms with E-state index in [2.05, 4.69) is 0 Å². The summed E-state index contributed by atoms with van der Waals surface area (Å²) in [5.41, 5.74) is 5.70. The monoisotopic (exact) mass is 236 g/mol. The van der Waals surface area contributed by atoms with Gasteiger partial charge in [0.15, 0.2) is 0 Å². The van der Waals surface area contributed by atoms with Gasteiger partial charge >= 0.3 is 5.97 Å². The van der Waals surface area contributed by atoms with Crippen LogP contribution in [0.2, 0.25) is 0 Å².